The topological polar surface area (TPSA) is 55.1 Å². The van der Waals surface area contributed by atoms with Crippen LogP contribution in [0.5, 0.6) is 0 Å². The van der Waals surface area contributed by atoms with Gasteiger partial charge in [0.1, 0.15) is 0 Å². The molecule has 96 valence electrons. The number of anilines is 2. The minimum Gasteiger partial charge on any atom is -0.397 e. The zero-order valence-corrected chi connectivity index (χ0v) is 10.8. The van der Waals surface area contributed by atoms with Crippen LogP contribution in [-0.4, -0.2) is 5.91 Å². The number of benzene rings is 2. The number of nitrogen functional groups attached to an aromatic ring is 1. The van der Waals surface area contributed by atoms with Gasteiger partial charge >= 0.3 is 0 Å². The Morgan fingerprint density at radius 1 is 1.21 bits per heavy atom. The Morgan fingerprint density at radius 2 is 2.00 bits per heavy atom. The van der Waals surface area contributed by atoms with E-state index in [0.29, 0.717) is 5.69 Å². The second-order valence-corrected chi connectivity index (χ2v) is 4.98. The Balaban J connectivity index is 1.81. The van der Waals surface area contributed by atoms with Crippen molar-refractivity contribution >= 4 is 17.3 Å². The predicted octanol–water partition coefficient (Wildman–Crippen LogP) is 2.86. The SMILES string of the molecule is Cc1cccc(N)c1NC(=O)C1Cc2ccccc21. The van der Waals surface area contributed by atoms with E-state index in [2.05, 4.69) is 11.4 Å². The minimum absolute atomic E-state index is 0.0275. The molecule has 3 heteroatoms. The molecule has 0 fully saturated rings. The average molecular weight is 252 g/mol. The van der Waals surface area contributed by atoms with Crippen molar-refractivity contribution in [2.75, 3.05) is 11.1 Å². The number of hydrogen-bond donors (Lipinski definition) is 2. The molecule has 1 amide bonds. The van der Waals surface area contributed by atoms with E-state index in [0.717, 1.165) is 23.2 Å². The molecule has 1 unspecified atom stereocenters. The molecule has 1 atom stereocenters. The molecule has 1 aliphatic rings. The number of nitrogens with one attached hydrogen (secondary N) is 1. The first-order valence-corrected chi connectivity index (χ1v) is 6.40. The van der Waals surface area contributed by atoms with Gasteiger partial charge in [-0.1, -0.05) is 36.4 Å². The summed E-state index contributed by atoms with van der Waals surface area (Å²) in [4.78, 5) is 12.3. The van der Waals surface area contributed by atoms with E-state index in [-0.39, 0.29) is 11.8 Å². The summed E-state index contributed by atoms with van der Waals surface area (Å²) in [5.41, 5.74) is 10.6. The Hall–Kier alpha value is -2.29. The van der Waals surface area contributed by atoms with Crippen molar-refractivity contribution in [1.29, 1.82) is 0 Å². The van der Waals surface area contributed by atoms with Gasteiger partial charge in [0.2, 0.25) is 5.91 Å². The summed E-state index contributed by atoms with van der Waals surface area (Å²) >= 11 is 0. The molecule has 0 saturated heterocycles. The first-order chi connectivity index (χ1) is 9.16. The summed E-state index contributed by atoms with van der Waals surface area (Å²) in [5, 5.41) is 2.96. The highest BCUT2D eigenvalue weighted by molar-refractivity contribution is 6.00. The van der Waals surface area contributed by atoms with Gasteiger partial charge in [0, 0.05) is 0 Å². The Morgan fingerprint density at radius 3 is 2.74 bits per heavy atom. The number of carbonyl (C=O) groups excluding carboxylic acids is 1. The largest absolute Gasteiger partial charge is 0.397 e. The third-order valence-corrected chi connectivity index (χ3v) is 3.72. The van der Waals surface area contributed by atoms with Crippen molar-refractivity contribution in [2.24, 2.45) is 0 Å². The van der Waals surface area contributed by atoms with Gasteiger partial charge in [0.15, 0.2) is 0 Å². The monoisotopic (exact) mass is 252 g/mol. The van der Waals surface area contributed by atoms with Crippen LogP contribution in [0.25, 0.3) is 0 Å². The predicted molar refractivity (Wildman–Crippen MR) is 77.1 cm³/mol. The van der Waals surface area contributed by atoms with Gasteiger partial charge in [-0.2, -0.15) is 0 Å². The van der Waals surface area contributed by atoms with Crippen molar-refractivity contribution in [3.63, 3.8) is 0 Å². The fourth-order valence-electron chi connectivity index (χ4n) is 2.56. The normalized spacial score (nSPS) is 16.4. The smallest absolute Gasteiger partial charge is 0.232 e. The van der Waals surface area contributed by atoms with Crippen molar-refractivity contribution in [3.05, 3.63) is 59.2 Å². The second kappa shape index (κ2) is 4.43. The van der Waals surface area contributed by atoms with Gasteiger partial charge in [0.25, 0.3) is 0 Å². The second-order valence-electron chi connectivity index (χ2n) is 4.98. The Bertz CT molecular complexity index is 629. The third kappa shape index (κ3) is 1.97. The highest BCUT2D eigenvalue weighted by atomic mass is 16.1. The molecule has 3 rings (SSSR count). The van der Waals surface area contributed by atoms with E-state index >= 15 is 0 Å². The van der Waals surface area contributed by atoms with Crippen LogP contribution in [-0.2, 0) is 11.2 Å². The highest BCUT2D eigenvalue weighted by Gasteiger charge is 2.31. The maximum atomic E-state index is 12.3. The number of hydrogen-bond acceptors (Lipinski definition) is 2. The zero-order valence-electron chi connectivity index (χ0n) is 10.8. The van der Waals surface area contributed by atoms with Gasteiger partial charge in [-0.25, -0.2) is 0 Å². The van der Waals surface area contributed by atoms with E-state index in [4.69, 9.17) is 5.73 Å². The molecule has 3 nitrogen and oxygen atoms in total. The first kappa shape index (κ1) is 11.8. The third-order valence-electron chi connectivity index (χ3n) is 3.72. The van der Waals surface area contributed by atoms with E-state index in [9.17, 15) is 4.79 Å². The number of carbonyl (C=O) groups is 1. The lowest BCUT2D eigenvalue weighted by molar-refractivity contribution is -0.118. The average Bonchev–Trinajstić information content (AvgIpc) is 2.35. The van der Waals surface area contributed by atoms with Crippen LogP contribution < -0.4 is 11.1 Å². The molecule has 0 heterocycles. The van der Waals surface area contributed by atoms with Crippen LogP contribution in [0, 0.1) is 6.92 Å². The number of rotatable bonds is 2. The molecule has 0 aromatic heterocycles. The van der Waals surface area contributed by atoms with Gasteiger partial charge in [-0.3, -0.25) is 4.79 Å². The number of aryl methyl sites for hydroxylation is 1. The van der Waals surface area contributed by atoms with E-state index in [1.54, 1.807) is 6.07 Å². The molecular formula is C16H16N2O. The van der Waals surface area contributed by atoms with Crippen LogP contribution in [0.2, 0.25) is 0 Å². The number of nitrogens with two attached hydrogens (primary N) is 1. The van der Waals surface area contributed by atoms with Crippen molar-refractivity contribution in [3.8, 4) is 0 Å². The first-order valence-electron chi connectivity index (χ1n) is 6.40. The van der Waals surface area contributed by atoms with Gasteiger partial charge in [-0.05, 0) is 36.1 Å². The zero-order chi connectivity index (χ0) is 13.4. The summed E-state index contributed by atoms with van der Waals surface area (Å²) in [7, 11) is 0. The molecule has 0 bridgehead atoms. The Kier molecular flexibility index (Phi) is 2.75. The molecule has 1 aliphatic carbocycles. The minimum atomic E-state index is -0.0461. The van der Waals surface area contributed by atoms with Crippen molar-refractivity contribution in [1.82, 2.24) is 0 Å². The van der Waals surface area contributed by atoms with Crippen molar-refractivity contribution < 1.29 is 4.79 Å². The summed E-state index contributed by atoms with van der Waals surface area (Å²) in [5.74, 6) is -0.0186. The van der Waals surface area contributed by atoms with Crippen LogP contribution in [0.3, 0.4) is 0 Å². The fraction of sp³-hybridized carbons (Fsp3) is 0.188. The molecule has 3 N–H and O–H groups in total. The Labute approximate surface area is 112 Å². The summed E-state index contributed by atoms with van der Waals surface area (Å²) in [6.45, 7) is 1.95. The molecule has 19 heavy (non-hydrogen) atoms. The highest BCUT2D eigenvalue weighted by Crippen LogP contribution is 2.36. The lowest BCUT2D eigenvalue weighted by atomic mass is 9.77. The van der Waals surface area contributed by atoms with E-state index in [1.807, 2.05) is 37.3 Å². The molecule has 0 saturated carbocycles. The van der Waals surface area contributed by atoms with Crippen LogP contribution in [0.15, 0.2) is 42.5 Å². The maximum absolute atomic E-state index is 12.3. The molecule has 0 spiro atoms. The molecular weight excluding hydrogens is 236 g/mol. The standard InChI is InChI=1S/C16H16N2O/c1-10-5-4-8-14(17)15(10)18-16(19)13-9-11-6-2-3-7-12(11)13/h2-8,13H,9,17H2,1H3,(H,18,19). The fourth-order valence-corrected chi connectivity index (χ4v) is 2.56. The summed E-state index contributed by atoms with van der Waals surface area (Å²) in [6.07, 6.45) is 0.813. The van der Waals surface area contributed by atoms with Crippen LogP contribution >= 0.6 is 0 Å². The maximum Gasteiger partial charge on any atom is 0.232 e. The number of fused-ring (bicyclic) bond motifs is 1. The lowest BCUT2D eigenvalue weighted by Crippen LogP contribution is -2.30. The number of para-hydroxylation sites is 1. The molecule has 0 radical (unpaired) electrons. The number of amides is 1. The van der Waals surface area contributed by atoms with E-state index < -0.39 is 0 Å². The van der Waals surface area contributed by atoms with Gasteiger partial charge in [-0.15, -0.1) is 0 Å². The lowest BCUT2D eigenvalue weighted by Gasteiger charge is -2.29. The quantitative estimate of drug-likeness (QED) is 0.807. The van der Waals surface area contributed by atoms with Crippen LogP contribution in [0.1, 0.15) is 22.6 Å². The summed E-state index contributed by atoms with van der Waals surface area (Å²) in [6, 6.07) is 13.7. The van der Waals surface area contributed by atoms with E-state index in [1.165, 1.54) is 5.56 Å². The van der Waals surface area contributed by atoms with Gasteiger partial charge < -0.3 is 11.1 Å². The molecule has 2 aromatic carbocycles. The van der Waals surface area contributed by atoms with Crippen molar-refractivity contribution in [2.45, 2.75) is 19.3 Å². The van der Waals surface area contributed by atoms with Crippen LogP contribution in [0.4, 0.5) is 11.4 Å². The molecule has 2 aromatic rings. The van der Waals surface area contributed by atoms with Gasteiger partial charge in [0.05, 0.1) is 17.3 Å². The summed E-state index contributed by atoms with van der Waals surface area (Å²) < 4.78 is 0. The molecule has 0 aliphatic heterocycles.